The van der Waals surface area contributed by atoms with Crippen LogP contribution < -0.4 is 16.8 Å². The number of nitrogens with one attached hydrogen (secondary N) is 1. The van der Waals surface area contributed by atoms with Crippen molar-refractivity contribution >= 4 is 17.6 Å². The summed E-state index contributed by atoms with van der Waals surface area (Å²) >= 11 is 0. The third kappa shape index (κ3) is 9.89. The van der Waals surface area contributed by atoms with Crippen LogP contribution in [0.5, 0.6) is 0 Å². The smallest absolute Gasteiger partial charge is 0.240 e. The first kappa shape index (κ1) is 21.4. The monoisotopic (exact) mass is 327 g/mol. The molecule has 1 atom stereocenters. The van der Waals surface area contributed by atoms with E-state index in [2.05, 4.69) is 10.3 Å². The zero-order valence-corrected chi connectivity index (χ0v) is 15.0. The van der Waals surface area contributed by atoms with Crippen LogP contribution >= 0.6 is 0 Å². The first-order chi connectivity index (χ1) is 10.8. The maximum atomic E-state index is 12.7. The molecule has 0 rings (SSSR count). The molecule has 0 unspecified atom stereocenters. The van der Waals surface area contributed by atoms with Crippen molar-refractivity contribution in [2.45, 2.75) is 52.5 Å². The Morgan fingerprint density at radius 2 is 1.87 bits per heavy atom. The maximum absolute atomic E-state index is 12.7. The van der Waals surface area contributed by atoms with Crippen molar-refractivity contribution in [1.82, 2.24) is 10.2 Å². The predicted octanol–water partition coefficient (Wildman–Crippen LogP) is 0.482. The molecule has 0 aromatic heterocycles. The molecule has 0 aliphatic rings. The molecular weight excluding hydrogens is 294 g/mol. The predicted molar refractivity (Wildman–Crippen MR) is 94.1 cm³/mol. The molecule has 0 fully saturated rings. The van der Waals surface area contributed by atoms with E-state index < -0.39 is 0 Å². The lowest BCUT2D eigenvalue weighted by Gasteiger charge is -2.28. The van der Waals surface area contributed by atoms with E-state index in [1.807, 2.05) is 20.8 Å². The molecule has 1 amide bonds. The van der Waals surface area contributed by atoms with Gasteiger partial charge in [0.15, 0.2) is 11.7 Å². The van der Waals surface area contributed by atoms with Crippen molar-refractivity contribution < 1.29 is 9.59 Å². The molecule has 0 spiro atoms. The molecule has 0 saturated carbocycles. The lowest BCUT2D eigenvalue weighted by molar-refractivity contribution is -0.137. The second kappa shape index (κ2) is 11.9. The summed E-state index contributed by atoms with van der Waals surface area (Å²) in [4.78, 5) is 30.0. The SMILES string of the molecule is CCC(=O)CN(CC(C)C)C(=O)[C@H](CCCCN=C(N)N)NC. The zero-order chi connectivity index (χ0) is 17.8. The molecule has 0 saturated heterocycles. The fraction of sp³-hybridized carbons (Fsp3) is 0.812. The Hall–Kier alpha value is -1.63. The van der Waals surface area contributed by atoms with E-state index in [9.17, 15) is 9.59 Å². The molecule has 0 aliphatic heterocycles. The number of carbonyl (C=O) groups is 2. The highest BCUT2D eigenvalue weighted by Crippen LogP contribution is 2.08. The summed E-state index contributed by atoms with van der Waals surface area (Å²) in [5.74, 6) is 0.488. The largest absolute Gasteiger partial charge is 0.370 e. The van der Waals surface area contributed by atoms with Gasteiger partial charge in [0.25, 0.3) is 0 Å². The molecule has 0 heterocycles. The van der Waals surface area contributed by atoms with E-state index in [0.29, 0.717) is 31.8 Å². The number of likely N-dealkylation sites (N-methyl/N-ethyl adjacent to an activating group) is 1. The van der Waals surface area contributed by atoms with Crippen molar-refractivity contribution in [3.8, 4) is 0 Å². The molecule has 7 nitrogen and oxygen atoms in total. The Bertz CT molecular complexity index is 392. The van der Waals surface area contributed by atoms with Gasteiger partial charge < -0.3 is 21.7 Å². The van der Waals surface area contributed by atoms with E-state index in [4.69, 9.17) is 11.5 Å². The number of guanidine groups is 1. The minimum Gasteiger partial charge on any atom is -0.370 e. The maximum Gasteiger partial charge on any atom is 0.240 e. The number of nitrogens with zero attached hydrogens (tertiary/aromatic N) is 2. The third-order valence-corrected chi connectivity index (χ3v) is 3.50. The van der Waals surface area contributed by atoms with Crippen LogP contribution in [-0.4, -0.2) is 55.3 Å². The van der Waals surface area contributed by atoms with E-state index in [0.717, 1.165) is 12.8 Å². The van der Waals surface area contributed by atoms with Crippen LogP contribution in [0.1, 0.15) is 46.5 Å². The second-order valence-electron chi connectivity index (χ2n) is 6.15. The van der Waals surface area contributed by atoms with Gasteiger partial charge in [-0.2, -0.15) is 0 Å². The van der Waals surface area contributed by atoms with E-state index in [1.165, 1.54) is 0 Å². The van der Waals surface area contributed by atoms with E-state index in [-0.39, 0.29) is 30.2 Å². The number of unbranched alkanes of at least 4 members (excludes halogenated alkanes) is 1. The van der Waals surface area contributed by atoms with Gasteiger partial charge in [-0.15, -0.1) is 0 Å². The fourth-order valence-electron chi connectivity index (χ4n) is 2.28. The summed E-state index contributed by atoms with van der Waals surface area (Å²) in [6.45, 7) is 7.26. The van der Waals surface area contributed by atoms with Gasteiger partial charge in [-0.05, 0) is 32.2 Å². The lowest BCUT2D eigenvalue weighted by atomic mass is 10.1. The molecule has 5 N–H and O–H groups in total. The molecule has 0 aromatic carbocycles. The van der Waals surface area contributed by atoms with Crippen molar-refractivity contribution in [3.05, 3.63) is 0 Å². The zero-order valence-electron chi connectivity index (χ0n) is 15.0. The van der Waals surface area contributed by atoms with Crippen LogP contribution in [-0.2, 0) is 9.59 Å². The molecular formula is C16H33N5O2. The van der Waals surface area contributed by atoms with Gasteiger partial charge in [-0.3, -0.25) is 14.6 Å². The average Bonchev–Trinajstić information content (AvgIpc) is 2.48. The molecule has 7 heteroatoms. The molecule has 0 aliphatic carbocycles. The third-order valence-electron chi connectivity index (χ3n) is 3.50. The van der Waals surface area contributed by atoms with Crippen molar-refractivity contribution in [2.75, 3.05) is 26.7 Å². The minimum absolute atomic E-state index is 0.00941. The first-order valence-electron chi connectivity index (χ1n) is 8.34. The van der Waals surface area contributed by atoms with Gasteiger partial charge in [-0.25, -0.2) is 0 Å². The van der Waals surface area contributed by atoms with Crippen LogP contribution in [0, 0.1) is 5.92 Å². The Balaban J connectivity index is 4.58. The normalized spacial score (nSPS) is 12.0. The molecule has 0 aromatic rings. The van der Waals surface area contributed by atoms with Gasteiger partial charge in [-0.1, -0.05) is 20.8 Å². The number of ketones is 1. The number of amides is 1. The van der Waals surface area contributed by atoms with Crippen LogP contribution in [0.3, 0.4) is 0 Å². The van der Waals surface area contributed by atoms with Crippen LogP contribution in [0.25, 0.3) is 0 Å². The Morgan fingerprint density at radius 1 is 1.22 bits per heavy atom. The van der Waals surface area contributed by atoms with Crippen molar-refractivity contribution in [2.24, 2.45) is 22.4 Å². The number of rotatable bonds is 12. The highest BCUT2D eigenvalue weighted by Gasteiger charge is 2.24. The minimum atomic E-state index is -0.280. The van der Waals surface area contributed by atoms with Gasteiger partial charge in [0, 0.05) is 19.5 Å². The second-order valence-corrected chi connectivity index (χ2v) is 6.15. The van der Waals surface area contributed by atoms with Gasteiger partial charge in [0.05, 0.1) is 12.6 Å². The van der Waals surface area contributed by atoms with Crippen LogP contribution in [0.2, 0.25) is 0 Å². The first-order valence-corrected chi connectivity index (χ1v) is 8.34. The summed E-state index contributed by atoms with van der Waals surface area (Å²) in [5.41, 5.74) is 10.6. The number of carbonyl (C=O) groups excluding carboxylic acids is 2. The molecule has 0 radical (unpaired) electrons. The van der Waals surface area contributed by atoms with E-state index >= 15 is 0 Å². The lowest BCUT2D eigenvalue weighted by Crippen LogP contribution is -2.48. The quantitative estimate of drug-likeness (QED) is 0.274. The van der Waals surface area contributed by atoms with Crippen molar-refractivity contribution in [1.29, 1.82) is 0 Å². The van der Waals surface area contributed by atoms with Gasteiger partial charge in [0.2, 0.25) is 5.91 Å². The number of Topliss-reactive ketones (excluding diaryl/α,β-unsaturated/α-hetero) is 1. The van der Waals surface area contributed by atoms with Crippen molar-refractivity contribution in [3.63, 3.8) is 0 Å². The highest BCUT2D eigenvalue weighted by molar-refractivity contribution is 5.88. The van der Waals surface area contributed by atoms with Crippen LogP contribution in [0.15, 0.2) is 4.99 Å². The Morgan fingerprint density at radius 3 is 2.35 bits per heavy atom. The summed E-state index contributed by atoms with van der Waals surface area (Å²) in [6.07, 6.45) is 2.81. The summed E-state index contributed by atoms with van der Waals surface area (Å²) in [7, 11) is 1.77. The topological polar surface area (TPSA) is 114 Å². The standard InChI is InChI=1S/C16H33N5O2/c1-5-13(22)11-21(10-12(2)3)15(23)14(19-4)8-6-7-9-20-16(17)18/h12,14,19H,5-11H2,1-4H3,(H4,17,18,20)/t14-/m0/s1. The number of hydrogen-bond donors (Lipinski definition) is 3. The molecule has 23 heavy (non-hydrogen) atoms. The summed E-state index contributed by atoms with van der Waals surface area (Å²) in [6, 6.07) is -0.280. The summed E-state index contributed by atoms with van der Waals surface area (Å²) < 4.78 is 0. The van der Waals surface area contributed by atoms with E-state index in [1.54, 1.807) is 11.9 Å². The molecule has 0 bridgehead atoms. The average molecular weight is 327 g/mol. The Kier molecular flexibility index (Phi) is 11.0. The van der Waals surface area contributed by atoms with Gasteiger partial charge in [0.1, 0.15) is 0 Å². The fourth-order valence-corrected chi connectivity index (χ4v) is 2.28. The number of hydrogen-bond acceptors (Lipinski definition) is 4. The Labute approximate surface area is 139 Å². The highest BCUT2D eigenvalue weighted by atomic mass is 16.2. The summed E-state index contributed by atoms with van der Waals surface area (Å²) in [5, 5.41) is 3.06. The number of aliphatic imine (C=N–C) groups is 1. The number of nitrogens with two attached hydrogens (primary N) is 2. The molecule has 134 valence electrons. The van der Waals surface area contributed by atoms with Gasteiger partial charge >= 0.3 is 0 Å². The van der Waals surface area contributed by atoms with Crippen LogP contribution in [0.4, 0.5) is 0 Å².